The quantitative estimate of drug-likeness (QED) is 0.115. The number of furan rings is 2. The van der Waals surface area contributed by atoms with Crippen molar-refractivity contribution in [3.63, 3.8) is 0 Å². The molecule has 5 nitrogen and oxygen atoms in total. The Morgan fingerprint density at radius 2 is 0.547 bits per heavy atom. The van der Waals surface area contributed by atoms with E-state index in [2.05, 4.69) is 484 Å². The fourth-order valence-corrected chi connectivity index (χ4v) is 24.3. The maximum absolute atomic E-state index is 6.17. The summed E-state index contributed by atoms with van der Waals surface area (Å²) in [4.78, 5) is 7.09. The van der Waals surface area contributed by atoms with E-state index in [0.29, 0.717) is 0 Å². The summed E-state index contributed by atoms with van der Waals surface area (Å²) in [6, 6.07) is 174. The molecule has 0 saturated carbocycles. The van der Waals surface area contributed by atoms with Crippen molar-refractivity contribution in [3.05, 3.63) is 490 Å². The van der Waals surface area contributed by atoms with Crippen LogP contribution in [0.3, 0.4) is 0 Å². The first kappa shape index (κ1) is 81.1. The van der Waals surface area contributed by atoms with E-state index in [4.69, 9.17) is 8.83 Å². The molecular weight excluding hydrogens is 1720 g/mol. The third-order valence-corrected chi connectivity index (χ3v) is 31.1. The summed E-state index contributed by atoms with van der Waals surface area (Å²) >= 11 is 5.59. The van der Waals surface area contributed by atoms with Crippen molar-refractivity contribution < 1.29 is 8.83 Å². The lowest BCUT2D eigenvalue weighted by Crippen LogP contribution is -2.14. The van der Waals surface area contributed by atoms with Crippen molar-refractivity contribution in [1.29, 1.82) is 0 Å². The van der Waals surface area contributed by atoms with E-state index in [1.165, 1.54) is 160 Å². The Kier molecular flexibility index (Phi) is 19.8. The number of rotatable bonds is 13. The van der Waals surface area contributed by atoms with Crippen LogP contribution in [0.2, 0.25) is 0 Å². The standard InChI is InChI=1S/C46H29NOS.C43H31NO.C40H25NS2/c1-2-9-30(10-3-1)31-19-21-36(22-20-31)47(38-23-24-46-42(29-38)40-14-5-7-16-45(40)49-46)37-12-8-11-32(26-37)33-17-18-34-28-44-41(27-35(34)25-33)39-13-4-6-15-43(39)48-44;1-43(2)39-17-8-6-15-35(39)37-25-30-20-19-29(23-31(30)26-40(37)43)28-11-10-14-33(24-28)44(32-12-4-3-5-13-32)34-21-22-42-38(27-34)36-16-7-9-18-41(36)45-42;1-2-12-28(13-3-1)41(30-20-21-34-32-15-4-6-18-37(32)42-39(34)24-30)29-14-8-10-26(22-29)31-17-9-11-27-23-36-33-16-5-7-19-38(33)43-40(36)25-35(27)31/h1-29H;3-27H,1-2H3;1-25H. The molecule has 0 N–H and O–H groups in total. The van der Waals surface area contributed by atoms with Gasteiger partial charge in [-0.3, -0.25) is 0 Å². The second-order valence-corrected chi connectivity index (χ2v) is 39.4. The number of hydrogen-bond donors (Lipinski definition) is 0. The SMILES string of the molecule is CC1(C)c2ccccc2-c2cc3ccc(-c4cccc(N(c5ccccc5)c5ccc6oc7ccccc7c6c5)c4)cc3cc21.c1ccc(-c2ccc(N(c3cccc(-c4ccc5cc6oc7ccccc7c6cc5c4)c3)c3ccc4sc5ccccc5c4c3)cc2)cc1.c1ccc(N(c2cccc(-c3cccc4cc5c(cc34)sc3ccccc35)c2)c2ccc3c(c2)sc2ccccc23)cc1. The molecule has 28 rings (SSSR count). The van der Waals surface area contributed by atoms with Gasteiger partial charge in [0.2, 0.25) is 0 Å². The summed E-state index contributed by atoms with van der Waals surface area (Å²) < 4.78 is 20.2. The highest BCUT2D eigenvalue weighted by atomic mass is 32.1. The van der Waals surface area contributed by atoms with Gasteiger partial charge >= 0.3 is 0 Å². The average Bonchev–Trinajstić information content (AvgIpc) is 1.57. The van der Waals surface area contributed by atoms with Crippen LogP contribution in [0.25, 0.3) is 192 Å². The molecule has 0 saturated heterocycles. The Morgan fingerprint density at radius 1 is 0.168 bits per heavy atom. The van der Waals surface area contributed by atoms with Crippen molar-refractivity contribution >= 4 is 222 Å². The van der Waals surface area contributed by atoms with Crippen LogP contribution in [0.15, 0.2) is 488 Å². The number of thiophene rings is 3. The molecule has 5 aromatic heterocycles. The second-order valence-electron chi connectivity index (χ2n) is 36.2. The zero-order valence-corrected chi connectivity index (χ0v) is 77.4. The van der Waals surface area contributed by atoms with Gasteiger partial charge < -0.3 is 23.5 Å². The van der Waals surface area contributed by atoms with Crippen LogP contribution in [0.4, 0.5) is 51.2 Å². The molecule has 0 bridgehead atoms. The molecule has 1 aliphatic carbocycles. The van der Waals surface area contributed by atoms with Crippen LogP contribution in [-0.2, 0) is 5.41 Å². The molecule has 0 unspecified atom stereocenters. The molecule has 0 radical (unpaired) electrons. The first-order valence-electron chi connectivity index (χ1n) is 46.7. The summed E-state index contributed by atoms with van der Waals surface area (Å²) in [7, 11) is 0. The number of nitrogens with zero attached hydrogens (tertiary/aromatic N) is 3. The van der Waals surface area contributed by atoms with Gasteiger partial charge in [-0.15, -0.1) is 34.0 Å². The Balaban J connectivity index is 0.000000107. The minimum absolute atomic E-state index is 0.0202. The van der Waals surface area contributed by atoms with E-state index in [1.54, 1.807) is 0 Å². The number of anilines is 9. The van der Waals surface area contributed by atoms with Gasteiger partial charge in [-0.1, -0.05) is 293 Å². The van der Waals surface area contributed by atoms with Crippen molar-refractivity contribution in [2.75, 3.05) is 14.7 Å². The van der Waals surface area contributed by atoms with Crippen LogP contribution in [-0.4, -0.2) is 0 Å². The molecule has 0 aliphatic heterocycles. The van der Waals surface area contributed by atoms with Gasteiger partial charge in [-0.2, -0.15) is 0 Å². The Labute approximate surface area is 804 Å². The van der Waals surface area contributed by atoms with Gasteiger partial charge in [0.25, 0.3) is 0 Å². The Morgan fingerprint density at radius 3 is 1.18 bits per heavy atom. The molecule has 1 aliphatic rings. The lowest BCUT2D eigenvalue weighted by molar-refractivity contribution is 0.661. The zero-order valence-electron chi connectivity index (χ0n) is 75.0. The molecule has 0 atom stereocenters. The highest BCUT2D eigenvalue weighted by Gasteiger charge is 2.36. The van der Waals surface area contributed by atoms with E-state index < -0.39 is 0 Å². The largest absolute Gasteiger partial charge is 0.456 e. The molecule has 22 aromatic carbocycles. The summed E-state index contributed by atoms with van der Waals surface area (Å²) in [6.07, 6.45) is 0. The number of fused-ring (bicyclic) bond motifs is 21. The highest BCUT2D eigenvalue weighted by Crippen LogP contribution is 2.53. The fraction of sp³-hybridized carbons (Fsp3) is 0.0233. The van der Waals surface area contributed by atoms with Gasteiger partial charge in [-0.25, -0.2) is 0 Å². The average molecular weight is 1810 g/mol. The second kappa shape index (κ2) is 33.5. The predicted octanol–water partition coefficient (Wildman–Crippen LogP) is 38.8. The molecular formula is C129H85N3O2S3. The zero-order chi connectivity index (χ0) is 90.8. The van der Waals surface area contributed by atoms with Gasteiger partial charge in [0, 0.05) is 139 Å². The molecule has 0 spiro atoms. The van der Waals surface area contributed by atoms with Gasteiger partial charge in [0.15, 0.2) is 0 Å². The molecule has 0 fully saturated rings. The molecule has 646 valence electrons. The van der Waals surface area contributed by atoms with Crippen molar-refractivity contribution in [2.24, 2.45) is 0 Å². The van der Waals surface area contributed by atoms with Crippen LogP contribution in [0.1, 0.15) is 25.0 Å². The van der Waals surface area contributed by atoms with E-state index in [0.717, 1.165) is 95.1 Å². The van der Waals surface area contributed by atoms with E-state index in [-0.39, 0.29) is 5.41 Å². The first-order chi connectivity index (χ1) is 67.6. The smallest absolute Gasteiger partial charge is 0.136 e. The van der Waals surface area contributed by atoms with Crippen LogP contribution < -0.4 is 14.7 Å². The minimum Gasteiger partial charge on any atom is -0.456 e. The topological polar surface area (TPSA) is 36.0 Å². The molecule has 5 heterocycles. The minimum atomic E-state index is -0.0202. The summed E-state index contributed by atoms with van der Waals surface area (Å²) in [5.41, 5.74) is 28.9. The Hall–Kier alpha value is -16.7. The Bertz CT molecular complexity index is 9430. The van der Waals surface area contributed by atoms with Gasteiger partial charge in [0.1, 0.15) is 22.3 Å². The molecule has 27 aromatic rings. The monoisotopic (exact) mass is 1800 g/mol. The molecule has 0 amide bonds. The molecule has 137 heavy (non-hydrogen) atoms. The lowest BCUT2D eigenvalue weighted by Gasteiger charge is -2.26. The maximum Gasteiger partial charge on any atom is 0.136 e. The van der Waals surface area contributed by atoms with E-state index >= 15 is 0 Å². The number of benzene rings is 22. The van der Waals surface area contributed by atoms with Crippen molar-refractivity contribution in [3.8, 4) is 55.6 Å². The number of hydrogen-bond acceptors (Lipinski definition) is 8. The van der Waals surface area contributed by atoms with Crippen molar-refractivity contribution in [2.45, 2.75) is 19.3 Å². The third-order valence-electron chi connectivity index (χ3n) is 27.7. The maximum atomic E-state index is 6.17. The summed E-state index contributed by atoms with van der Waals surface area (Å²) in [5.74, 6) is 0. The fourth-order valence-electron chi connectivity index (χ4n) is 21.0. The van der Waals surface area contributed by atoms with E-state index in [9.17, 15) is 0 Å². The third kappa shape index (κ3) is 14.5. The van der Waals surface area contributed by atoms with Crippen LogP contribution in [0.5, 0.6) is 0 Å². The number of para-hydroxylation sites is 4. The van der Waals surface area contributed by atoms with Crippen molar-refractivity contribution in [1.82, 2.24) is 0 Å². The normalized spacial score (nSPS) is 12.2. The molecule has 8 heteroatoms. The highest BCUT2D eigenvalue weighted by molar-refractivity contribution is 7.26. The van der Waals surface area contributed by atoms with Crippen LogP contribution in [0, 0.1) is 0 Å². The predicted molar refractivity (Wildman–Crippen MR) is 588 cm³/mol. The first-order valence-corrected chi connectivity index (χ1v) is 49.1. The van der Waals surface area contributed by atoms with Gasteiger partial charge in [0.05, 0.1) is 0 Å². The lowest BCUT2D eigenvalue weighted by atomic mass is 9.82. The summed E-state index contributed by atoms with van der Waals surface area (Å²) in [5, 5.41) is 19.9. The van der Waals surface area contributed by atoms with Crippen LogP contribution >= 0.6 is 34.0 Å². The summed E-state index contributed by atoms with van der Waals surface area (Å²) in [6.45, 7) is 4.69. The van der Waals surface area contributed by atoms with E-state index in [1.807, 2.05) is 58.3 Å². The van der Waals surface area contributed by atoms with Gasteiger partial charge in [-0.05, 0) is 299 Å².